The highest BCUT2D eigenvalue weighted by Crippen LogP contribution is 2.35. The molecule has 5 nitrogen and oxygen atoms in total. The topological polar surface area (TPSA) is 58.6 Å². The van der Waals surface area contributed by atoms with Crippen LogP contribution in [-0.4, -0.2) is 23.4 Å². The second-order valence-corrected chi connectivity index (χ2v) is 7.65. The molecule has 0 spiro atoms. The fourth-order valence-electron chi connectivity index (χ4n) is 2.57. The van der Waals surface area contributed by atoms with Gasteiger partial charge in [0.2, 0.25) is 0 Å². The number of nitrogens with one attached hydrogen (secondary N) is 1. The van der Waals surface area contributed by atoms with Crippen LogP contribution in [0.25, 0.3) is 6.08 Å². The molecule has 144 valence electrons. The minimum atomic E-state index is -0.497. The van der Waals surface area contributed by atoms with Gasteiger partial charge in [0.15, 0.2) is 5.75 Å². The molecular weight excluding hydrogens is 467 g/mol. The van der Waals surface area contributed by atoms with Gasteiger partial charge in [-0.25, -0.2) is 4.79 Å². The van der Waals surface area contributed by atoms with Gasteiger partial charge in [-0.2, -0.15) is 0 Å². The van der Waals surface area contributed by atoms with E-state index in [2.05, 4.69) is 27.8 Å². The Morgan fingerprint density at radius 1 is 1.14 bits per heavy atom. The lowest BCUT2D eigenvalue weighted by Crippen LogP contribution is -2.30. The molecule has 1 aliphatic heterocycles. The van der Waals surface area contributed by atoms with Gasteiger partial charge < -0.3 is 10.1 Å². The first-order valence-electron chi connectivity index (χ1n) is 8.20. The van der Waals surface area contributed by atoms with Gasteiger partial charge in [0.1, 0.15) is 12.3 Å². The molecule has 1 N–H and O–H groups in total. The fraction of sp³-hybridized carbons (Fsp3) is 0.100. The molecule has 28 heavy (non-hydrogen) atoms. The molecule has 0 atom stereocenters. The molecular formula is C20H15BrCl2N2O3. The Kier molecular flexibility index (Phi) is 6.44. The van der Waals surface area contributed by atoms with Crippen molar-refractivity contribution in [2.75, 3.05) is 6.54 Å². The summed E-state index contributed by atoms with van der Waals surface area (Å²) in [6, 6.07) is 10.4. The zero-order valence-corrected chi connectivity index (χ0v) is 17.6. The first-order chi connectivity index (χ1) is 13.4. The third kappa shape index (κ3) is 4.58. The molecule has 3 amide bonds. The van der Waals surface area contributed by atoms with Gasteiger partial charge in [-0.05, 0) is 41.5 Å². The van der Waals surface area contributed by atoms with Gasteiger partial charge in [-0.15, -0.1) is 6.58 Å². The third-order valence-corrected chi connectivity index (χ3v) is 4.99. The van der Waals surface area contributed by atoms with Crippen LogP contribution in [0.15, 0.2) is 59.2 Å². The standard InChI is InChI=1S/C20H15BrCl2N2O3/c1-2-7-25-19(26)17(24-20(25)27)10-13-8-15(22)18(16(23)9-13)28-11-12-3-5-14(21)6-4-12/h2-6,8-10H,1,7,11H2,(H,24,27)/b17-10+. The second kappa shape index (κ2) is 8.82. The number of halogens is 3. The van der Waals surface area contributed by atoms with Crippen molar-refractivity contribution in [2.45, 2.75) is 6.61 Å². The van der Waals surface area contributed by atoms with Gasteiger partial charge in [0.25, 0.3) is 5.91 Å². The highest BCUT2D eigenvalue weighted by molar-refractivity contribution is 9.10. The number of hydrogen-bond acceptors (Lipinski definition) is 3. The maximum atomic E-state index is 12.3. The zero-order chi connectivity index (χ0) is 20.3. The van der Waals surface area contributed by atoms with E-state index in [-0.39, 0.29) is 12.2 Å². The Morgan fingerprint density at radius 2 is 1.79 bits per heavy atom. The molecule has 0 radical (unpaired) electrons. The summed E-state index contributed by atoms with van der Waals surface area (Å²) in [6.07, 6.45) is 2.99. The number of benzene rings is 2. The van der Waals surface area contributed by atoms with Gasteiger partial charge >= 0.3 is 6.03 Å². The summed E-state index contributed by atoms with van der Waals surface area (Å²) >= 11 is 16.0. The van der Waals surface area contributed by atoms with Crippen LogP contribution in [0.1, 0.15) is 11.1 Å². The number of carbonyl (C=O) groups is 2. The minimum absolute atomic E-state index is 0.131. The van der Waals surface area contributed by atoms with E-state index in [0.717, 1.165) is 14.9 Å². The molecule has 0 bridgehead atoms. The zero-order valence-electron chi connectivity index (χ0n) is 14.5. The number of rotatable bonds is 6. The lowest BCUT2D eigenvalue weighted by molar-refractivity contribution is -0.122. The van der Waals surface area contributed by atoms with Crippen LogP contribution in [0.2, 0.25) is 10.0 Å². The number of nitrogens with zero attached hydrogens (tertiary/aromatic N) is 1. The first kappa shape index (κ1) is 20.5. The lowest BCUT2D eigenvalue weighted by Gasteiger charge is -2.11. The number of carbonyl (C=O) groups excluding carboxylic acids is 2. The Labute approximate surface area is 180 Å². The van der Waals surface area contributed by atoms with Gasteiger partial charge in [0.05, 0.1) is 10.0 Å². The van der Waals surface area contributed by atoms with Gasteiger partial charge in [0, 0.05) is 11.0 Å². The summed E-state index contributed by atoms with van der Waals surface area (Å²) in [5.41, 5.74) is 1.67. The summed E-state index contributed by atoms with van der Waals surface area (Å²) in [4.78, 5) is 25.2. The van der Waals surface area contributed by atoms with Crippen molar-refractivity contribution in [2.24, 2.45) is 0 Å². The second-order valence-electron chi connectivity index (χ2n) is 5.92. The molecule has 2 aromatic rings. The van der Waals surface area contributed by atoms with Crippen LogP contribution >= 0.6 is 39.1 Å². The summed E-state index contributed by atoms with van der Waals surface area (Å²) < 4.78 is 6.73. The van der Waals surface area contributed by atoms with E-state index in [0.29, 0.717) is 28.0 Å². The molecule has 1 heterocycles. The van der Waals surface area contributed by atoms with E-state index in [1.54, 1.807) is 12.1 Å². The van der Waals surface area contributed by atoms with E-state index in [4.69, 9.17) is 27.9 Å². The summed E-state index contributed by atoms with van der Waals surface area (Å²) in [7, 11) is 0. The van der Waals surface area contributed by atoms with E-state index >= 15 is 0 Å². The maximum absolute atomic E-state index is 12.3. The van der Waals surface area contributed by atoms with Crippen LogP contribution in [0.5, 0.6) is 5.75 Å². The SMILES string of the molecule is C=CCN1C(=O)N/C(=C/c2cc(Cl)c(OCc3ccc(Br)cc3)c(Cl)c2)C1=O. The van der Waals surface area contributed by atoms with Crippen LogP contribution in [-0.2, 0) is 11.4 Å². The van der Waals surface area contributed by atoms with Crippen molar-refractivity contribution in [1.29, 1.82) is 0 Å². The van der Waals surface area contributed by atoms with Crippen LogP contribution < -0.4 is 10.1 Å². The molecule has 1 fully saturated rings. The Bertz CT molecular complexity index is 951. The van der Waals surface area contributed by atoms with E-state index in [1.165, 1.54) is 12.2 Å². The predicted octanol–water partition coefficient (Wildman–Crippen LogP) is 5.41. The van der Waals surface area contributed by atoms with Crippen molar-refractivity contribution >= 4 is 57.1 Å². The average Bonchev–Trinajstić information content (AvgIpc) is 2.90. The maximum Gasteiger partial charge on any atom is 0.329 e. The number of urea groups is 1. The highest BCUT2D eigenvalue weighted by Gasteiger charge is 2.32. The third-order valence-electron chi connectivity index (χ3n) is 3.90. The molecule has 0 saturated carbocycles. The number of ether oxygens (including phenoxy) is 1. The minimum Gasteiger partial charge on any atom is -0.486 e. The molecule has 0 aromatic heterocycles. The van der Waals surface area contributed by atoms with E-state index in [1.807, 2.05) is 24.3 Å². The Hall–Kier alpha value is -2.28. The Balaban J connectivity index is 1.78. The number of hydrogen-bond donors (Lipinski definition) is 1. The van der Waals surface area contributed by atoms with Crippen molar-refractivity contribution in [3.8, 4) is 5.75 Å². The van der Waals surface area contributed by atoms with Crippen LogP contribution in [0.4, 0.5) is 4.79 Å². The van der Waals surface area contributed by atoms with Crippen molar-refractivity contribution in [1.82, 2.24) is 10.2 Å². The molecule has 3 rings (SSSR count). The fourth-order valence-corrected chi connectivity index (χ4v) is 3.45. The molecule has 1 saturated heterocycles. The normalized spacial score (nSPS) is 15.1. The van der Waals surface area contributed by atoms with Crippen LogP contribution in [0.3, 0.4) is 0 Å². The van der Waals surface area contributed by atoms with Gasteiger partial charge in [-0.1, -0.05) is 57.3 Å². The van der Waals surface area contributed by atoms with Crippen molar-refractivity contribution < 1.29 is 14.3 Å². The first-order valence-corrected chi connectivity index (χ1v) is 9.75. The molecule has 1 aliphatic rings. The lowest BCUT2D eigenvalue weighted by atomic mass is 10.1. The molecule has 8 heteroatoms. The smallest absolute Gasteiger partial charge is 0.329 e. The summed E-state index contributed by atoms with van der Waals surface area (Å²) in [6.45, 7) is 3.97. The Morgan fingerprint density at radius 3 is 2.39 bits per heavy atom. The quantitative estimate of drug-likeness (QED) is 0.340. The predicted molar refractivity (Wildman–Crippen MR) is 113 cm³/mol. The largest absolute Gasteiger partial charge is 0.486 e. The number of amides is 3. The molecule has 0 aliphatic carbocycles. The monoisotopic (exact) mass is 480 g/mol. The highest BCUT2D eigenvalue weighted by atomic mass is 79.9. The van der Waals surface area contributed by atoms with Gasteiger partial charge in [-0.3, -0.25) is 9.69 Å². The molecule has 2 aromatic carbocycles. The van der Waals surface area contributed by atoms with Crippen LogP contribution in [0, 0.1) is 0 Å². The van der Waals surface area contributed by atoms with E-state index in [9.17, 15) is 9.59 Å². The summed E-state index contributed by atoms with van der Waals surface area (Å²) in [5, 5.41) is 3.13. The van der Waals surface area contributed by atoms with Crippen molar-refractivity contribution in [3.05, 3.63) is 80.4 Å². The van der Waals surface area contributed by atoms with E-state index < -0.39 is 11.9 Å². The summed E-state index contributed by atoms with van der Waals surface area (Å²) in [5.74, 6) is -0.0869. The van der Waals surface area contributed by atoms with Crippen molar-refractivity contribution in [3.63, 3.8) is 0 Å². The molecule has 0 unspecified atom stereocenters. The average molecular weight is 482 g/mol. The number of imide groups is 1.